The summed E-state index contributed by atoms with van der Waals surface area (Å²) >= 11 is 0. The molecule has 0 atom stereocenters. The highest BCUT2D eigenvalue weighted by Crippen LogP contribution is 2.17. The van der Waals surface area contributed by atoms with E-state index in [1.807, 2.05) is 24.3 Å². The van der Waals surface area contributed by atoms with Crippen molar-refractivity contribution in [1.82, 2.24) is 9.62 Å². The van der Waals surface area contributed by atoms with E-state index in [1.54, 1.807) is 12.1 Å². The Hall–Kier alpha value is -2.29. The number of nitrogens with one attached hydrogen (secondary N) is 3. The summed E-state index contributed by atoms with van der Waals surface area (Å²) in [4.78, 5) is 4.31. The lowest BCUT2D eigenvalue weighted by Crippen LogP contribution is -2.28. The van der Waals surface area contributed by atoms with Gasteiger partial charge >= 0.3 is 10.2 Å². The fraction of sp³-hybridized carbons (Fsp3) is 0.278. The molecule has 3 rings (SSSR count). The van der Waals surface area contributed by atoms with Gasteiger partial charge in [0.25, 0.3) is 0 Å². The van der Waals surface area contributed by atoms with E-state index in [2.05, 4.69) is 32.5 Å². The van der Waals surface area contributed by atoms with Gasteiger partial charge in [-0.1, -0.05) is 24.3 Å². The van der Waals surface area contributed by atoms with E-state index in [4.69, 9.17) is 0 Å². The summed E-state index contributed by atoms with van der Waals surface area (Å²) in [5, 5.41) is 6.41. The van der Waals surface area contributed by atoms with Gasteiger partial charge in [-0.05, 0) is 41.8 Å². The predicted octanol–water partition coefficient (Wildman–Crippen LogP) is 2.29. The Morgan fingerprint density at radius 3 is 2.04 bits per heavy atom. The van der Waals surface area contributed by atoms with Crippen molar-refractivity contribution in [2.75, 3.05) is 37.2 Å². The largest absolute Gasteiger partial charge is 0.354 e. The van der Waals surface area contributed by atoms with Crippen LogP contribution in [0.25, 0.3) is 0 Å². The first-order chi connectivity index (χ1) is 12.4. The number of aliphatic imine (C=N–C) groups is 1. The van der Waals surface area contributed by atoms with Crippen molar-refractivity contribution in [3.63, 3.8) is 0 Å². The highest BCUT2D eigenvalue weighted by molar-refractivity contribution is 7.90. The number of hydrogen-bond acceptors (Lipinski definition) is 5. The van der Waals surface area contributed by atoms with Crippen LogP contribution in [0, 0.1) is 0 Å². The highest BCUT2D eigenvalue weighted by atomic mass is 35.5. The minimum atomic E-state index is -3.48. The molecular formula is C18H24ClN5O2S. The van der Waals surface area contributed by atoms with Crippen LogP contribution in [0.4, 0.5) is 11.4 Å². The first kappa shape index (κ1) is 21.0. The van der Waals surface area contributed by atoms with E-state index in [0.29, 0.717) is 5.69 Å². The fourth-order valence-corrected chi connectivity index (χ4v) is 3.11. The van der Waals surface area contributed by atoms with Crippen LogP contribution >= 0.6 is 12.4 Å². The Balaban J connectivity index is 0.00000261. The number of guanidine groups is 1. The molecule has 2 aromatic carbocycles. The zero-order valence-corrected chi connectivity index (χ0v) is 16.9. The normalized spacial score (nSPS) is 13.5. The highest BCUT2D eigenvalue weighted by Gasteiger charge is 2.12. The lowest BCUT2D eigenvalue weighted by Gasteiger charge is -2.13. The molecule has 0 unspecified atom stereocenters. The number of anilines is 2. The van der Waals surface area contributed by atoms with Gasteiger partial charge in [0.2, 0.25) is 0 Å². The number of rotatable bonds is 6. The van der Waals surface area contributed by atoms with E-state index < -0.39 is 10.2 Å². The maximum absolute atomic E-state index is 11.8. The van der Waals surface area contributed by atoms with Crippen molar-refractivity contribution >= 4 is 40.0 Å². The molecule has 0 saturated heterocycles. The van der Waals surface area contributed by atoms with Crippen LogP contribution in [-0.4, -0.2) is 45.9 Å². The standard InChI is InChI=1S/C18H23N5O2S.ClH/c1-23(2)26(24,25)22-17-9-5-15(6-10-17)13-14-3-7-16(8-4-14)21-18-19-11-12-20-18;/h3-10,22H,11-13H2,1-2H3,(H2,19,20,21);1H. The Kier molecular flexibility index (Phi) is 7.06. The third-order valence-corrected chi connectivity index (χ3v) is 5.44. The topological polar surface area (TPSA) is 85.8 Å². The molecule has 0 saturated carbocycles. The summed E-state index contributed by atoms with van der Waals surface area (Å²) in [6.07, 6.45) is 0.778. The van der Waals surface area contributed by atoms with Crippen molar-refractivity contribution in [3.8, 4) is 0 Å². The van der Waals surface area contributed by atoms with Gasteiger partial charge in [0.1, 0.15) is 0 Å². The summed E-state index contributed by atoms with van der Waals surface area (Å²) in [5.74, 6) is 0.813. The van der Waals surface area contributed by atoms with Gasteiger partial charge in [0.05, 0.1) is 6.54 Å². The molecule has 0 amide bonds. The molecule has 1 aliphatic rings. The Morgan fingerprint density at radius 1 is 1.00 bits per heavy atom. The molecule has 0 aliphatic carbocycles. The van der Waals surface area contributed by atoms with Crippen molar-refractivity contribution in [2.45, 2.75) is 6.42 Å². The lowest BCUT2D eigenvalue weighted by atomic mass is 10.0. The summed E-state index contributed by atoms with van der Waals surface area (Å²) in [6, 6.07) is 15.6. The van der Waals surface area contributed by atoms with Crippen molar-refractivity contribution < 1.29 is 8.42 Å². The molecule has 9 heteroatoms. The van der Waals surface area contributed by atoms with Gasteiger partial charge in [-0.3, -0.25) is 9.71 Å². The van der Waals surface area contributed by atoms with E-state index in [9.17, 15) is 8.42 Å². The van der Waals surface area contributed by atoms with Crippen molar-refractivity contribution in [2.24, 2.45) is 4.99 Å². The molecule has 0 radical (unpaired) electrons. The number of benzene rings is 2. The SMILES string of the molecule is CN(C)S(=O)(=O)Nc1ccc(Cc2ccc(NC3=NCCN3)cc2)cc1.Cl. The molecule has 0 aromatic heterocycles. The maximum atomic E-state index is 11.8. The molecule has 1 heterocycles. The summed E-state index contributed by atoms with van der Waals surface area (Å²) in [6.45, 7) is 1.68. The third kappa shape index (κ3) is 5.85. The maximum Gasteiger partial charge on any atom is 0.301 e. The molecule has 0 bridgehead atoms. The average Bonchev–Trinajstić information content (AvgIpc) is 3.11. The van der Waals surface area contributed by atoms with Crippen LogP contribution in [0.1, 0.15) is 11.1 Å². The van der Waals surface area contributed by atoms with E-state index in [1.165, 1.54) is 19.7 Å². The number of halogens is 1. The molecule has 0 fully saturated rings. The smallest absolute Gasteiger partial charge is 0.301 e. The van der Waals surface area contributed by atoms with Crippen LogP contribution in [0.15, 0.2) is 53.5 Å². The summed E-state index contributed by atoms with van der Waals surface area (Å²) in [7, 11) is -0.495. The van der Waals surface area contributed by atoms with Crippen LogP contribution in [0.5, 0.6) is 0 Å². The van der Waals surface area contributed by atoms with Gasteiger partial charge in [0.15, 0.2) is 5.96 Å². The molecule has 3 N–H and O–H groups in total. The monoisotopic (exact) mass is 409 g/mol. The lowest BCUT2D eigenvalue weighted by molar-refractivity contribution is 0.527. The van der Waals surface area contributed by atoms with Gasteiger partial charge in [0, 0.05) is 32.0 Å². The molecule has 1 aliphatic heterocycles. The molecular weight excluding hydrogens is 386 g/mol. The van der Waals surface area contributed by atoms with Crippen LogP contribution < -0.4 is 15.4 Å². The van der Waals surface area contributed by atoms with E-state index in [0.717, 1.165) is 41.0 Å². The van der Waals surface area contributed by atoms with Gasteiger partial charge in [-0.2, -0.15) is 12.7 Å². The minimum absolute atomic E-state index is 0. The summed E-state index contributed by atoms with van der Waals surface area (Å²) in [5.41, 5.74) is 3.83. The molecule has 27 heavy (non-hydrogen) atoms. The zero-order valence-electron chi connectivity index (χ0n) is 15.3. The van der Waals surface area contributed by atoms with Crippen molar-refractivity contribution in [3.05, 3.63) is 59.7 Å². The zero-order chi connectivity index (χ0) is 18.6. The summed E-state index contributed by atoms with van der Waals surface area (Å²) < 4.78 is 27.3. The first-order valence-corrected chi connectivity index (χ1v) is 9.80. The molecule has 0 spiro atoms. The van der Waals surface area contributed by atoms with Gasteiger partial charge in [-0.25, -0.2) is 0 Å². The molecule has 146 valence electrons. The number of hydrogen-bond donors (Lipinski definition) is 3. The number of nitrogens with zero attached hydrogens (tertiary/aromatic N) is 2. The molecule has 7 nitrogen and oxygen atoms in total. The third-order valence-electron chi connectivity index (χ3n) is 3.98. The predicted molar refractivity (Wildman–Crippen MR) is 113 cm³/mol. The van der Waals surface area contributed by atoms with Crippen LogP contribution in [0.2, 0.25) is 0 Å². The minimum Gasteiger partial charge on any atom is -0.354 e. The second kappa shape index (κ2) is 9.07. The van der Waals surface area contributed by atoms with Crippen LogP contribution in [-0.2, 0) is 16.6 Å². The van der Waals surface area contributed by atoms with Gasteiger partial charge < -0.3 is 10.6 Å². The van der Waals surface area contributed by atoms with Gasteiger partial charge in [-0.15, -0.1) is 12.4 Å². The van der Waals surface area contributed by atoms with E-state index in [-0.39, 0.29) is 12.4 Å². The fourth-order valence-electron chi connectivity index (χ4n) is 2.49. The molecule has 2 aromatic rings. The average molecular weight is 410 g/mol. The van der Waals surface area contributed by atoms with Crippen molar-refractivity contribution in [1.29, 1.82) is 0 Å². The van der Waals surface area contributed by atoms with Crippen LogP contribution in [0.3, 0.4) is 0 Å². The van der Waals surface area contributed by atoms with E-state index >= 15 is 0 Å². The Morgan fingerprint density at radius 2 is 1.56 bits per heavy atom. The quantitative estimate of drug-likeness (QED) is 0.683. The first-order valence-electron chi connectivity index (χ1n) is 8.36. The second-order valence-electron chi connectivity index (χ2n) is 6.24. The Labute approximate surface area is 166 Å². The Bertz CT molecular complexity index is 881. The second-order valence-corrected chi connectivity index (χ2v) is 8.13.